The Balaban J connectivity index is 4.44. The van der Waals surface area contributed by atoms with E-state index in [1.54, 1.807) is 6.08 Å². The van der Waals surface area contributed by atoms with Gasteiger partial charge in [0.25, 0.3) is 0 Å². The fourth-order valence-electron chi connectivity index (χ4n) is 1.41. The minimum atomic E-state index is -6.20. The first kappa shape index (κ1) is 19.8. The van der Waals surface area contributed by atoms with Crippen LogP contribution >= 0.6 is 0 Å². The number of hydrogen-bond donors (Lipinski definition) is 1. The molecular formula is C12H16F6O3. The summed E-state index contributed by atoms with van der Waals surface area (Å²) in [4.78, 5) is 11.0. The molecule has 0 radical (unpaired) electrons. The summed E-state index contributed by atoms with van der Waals surface area (Å²) >= 11 is 0. The number of halogens is 6. The maximum Gasteiger partial charge on any atom is 0.437 e. The Kier molecular flexibility index (Phi) is 7.21. The second-order valence-corrected chi connectivity index (χ2v) is 4.33. The second-order valence-electron chi connectivity index (χ2n) is 4.33. The molecule has 0 aliphatic carbocycles. The number of allylic oxidation sites excluding steroid dienone is 1. The first-order valence-electron chi connectivity index (χ1n) is 6.12. The van der Waals surface area contributed by atoms with E-state index in [1.807, 2.05) is 0 Å². The van der Waals surface area contributed by atoms with Crippen LogP contribution in [0, 0.1) is 0 Å². The Hall–Kier alpha value is -1.25. The number of carbonyl (C=O) groups excluding carboxylic acids is 1. The van der Waals surface area contributed by atoms with E-state index in [0.29, 0.717) is 12.8 Å². The molecule has 0 aromatic rings. The summed E-state index contributed by atoms with van der Waals surface area (Å²) < 4.78 is 77.6. The topological polar surface area (TPSA) is 46.5 Å². The minimum absolute atomic E-state index is 0.106. The van der Waals surface area contributed by atoms with E-state index in [9.17, 15) is 31.1 Å². The molecule has 124 valence electrons. The fraction of sp³-hybridized carbons (Fsp3) is 0.750. The first-order chi connectivity index (χ1) is 9.48. The van der Waals surface area contributed by atoms with Crippen molar-refractivity contribution in [2.24, 2.45) is 0 Å². The Bertz CT molecular complexity index is 334. The van der Waals surface area contributed by atoms with Gasteiger partial charge in [-0.15, -0.1) is 6.58 Å². The lowest BCUT2D eigenvalue weighted by molar-refractivity contribution is -0.356. The summed E-state index contributed by atoms with van der Waals surface area (Å²) in [6.45, 7) is 2.86. The average Bonchev–Trinajstić information content (AvgIpc) is 2.33. The van der Waals surface area contributed by atoms with Crippen LogP contribution in [0.3, 0.4) is 0 Å². The van der Waals surface area contributed by atoms with Gasteiger partial charge in [0.15, 0.2) is 0 Å². The zero-order valence-electron chi connectivity index (χ0n) is 11.1. The predicted octanol–water partition coefficient (Wildman–Crippen LogP) is 3.52. The number of ether oxygens (including phenoxy) is 1. The Morgan fingerprint density at radius 2 is 1.48 bits per heavy atom. The van der Waals surface area contributed by atoms with Crippen molar-refractivity contribution in [1.29, 1.82) is 0 Å². The normalized spacial score (nSPS) is 13.1. The van der Waals surface area contributed by atoms with Gasteiger partial charge < -0.3 is 9.84 Å². The molecule has 0 saturated heterocycles. The van der Waals surface area contributed by atoms with Crippen molar-refractivity contribution >= 4 is 5.97 Å². The highest BCUT2D eigenvalue weighted by atomic mass is 19.4. The molecule has 0 aromatic heterocycles. The Labute approximate surface area is 117 Å². The smallest absolute Gasteiger partial charge is 0.437 e. The van der Waals surface area contributed by atoms with Crippen molar-refractivity contribution in [3.8, 4) is 0 Å². The van der Waals surface area contributed by atoms with Crippen molar-refractivity contribution in [2.45, 2.75) is 50.1 Å². The Morgan fingerprint density at radius 1 is 1.00 bits per heavy atom. The number of carbonyl (C=O) groups is 1. The van der Waals surface area contributed by atoms with Crippen LogP contribution in [0.25, 0.3) is 0 Å². The number of rotatable bonds is 8. The highest BCUT2D eigenvalue weighted by Crippen LogP contribution is 2.43. The van der Waals surface area contributed by atoms with Crippen molar-refractivity contribution in [1.82, 2.24) is 0 Å². The molecule has 0 rings (SSSR count). The van der Waals surface area contributed by atoms with Gasteiger partial charge in [0, 0.05) is 0 Å². The molecule has 0 aliphatic rings. The van der Waals surface area contributed by atoms with Crippen LogP contribution in [-0.4, -0.2) is 35.6 Å². The van der Waals surface area contributed by atoms with Crippen molar-refractivity contribution in [3.05, 3.63) is 12.7 Å². The lowest BCUT2D eigenvalue weighted by atomic mass is 10.0. The van der Waals surface area contributed by atoms with Gasteiger partial charge in [0.2, 0.25) is 0 Å². The van der Waals surface area contributed by atoms with E-state index in [1.165, 1.54) is 0 Å². The third-order valence-corrected chi connectivity index (χ3v) is 2.65. The average molecular weight is 322 g/mol. The lowest BCUT2D eigenvalue weighted by Gasteiger charge is -2.29. The molecule has 0 aliphatic heterocycles. The van der Waals surface area contributed by atoms with Gasteiger partial charge in [-0.1, -0.05) is 18.9 Å². The van der Waals surface area contributed by atoms with Crippen LogP contribution in [0.1, 0.15) is 32.1 Å². The molecular weight excluding hydrogens is 306 g/mol. The number of unbranched alkanes of at least 4 members (excludes halogenated alkanes) is 4. The number of hydrogen-bond acceptors (Lipinski definition) is 3. The molecule has 0 saturated carbocycles. The second kappa shape index (κ2) is 7.67. The fourth-order valence-corrected chi connectivity index (χ4v) is 1.41. The lowest BCUT2D eigenvalue weighted by Crippen LogP contribution is -2.63. The van der Waals surface area contributed by atoms with E-state index in [2.05, 4.69) is 11.3 Å². The third-order valence-electron chi connectivity index (χ3n) is 2.65. The highest BCUT2D eigenvalue weighted by molar-refractivity contribution is 5.81. The molecule has 0 unspecified atom stereocenters. The van der Waals surface area contributed by atoms with E-state index >= 15 is 0 Å². The molecule has 1 N–H and O–H groups in total. The molecule has 0 fully saturated rings. The maximum atomic E-state index is 12.3. The molecule has 0 atom stereocenters. The monoisotopic (exact) mass is 322 g/mol. The number of esters is 1. The molecule has 3 nitrogen and oxygen atoms in total. The summed E-state index contributed by atoms with van der Waals surface area (Å²) in [5.74, 6) is -2.76. The molecule has 0 amide bonds. The zero-order valence-corrected chi connectivity index (χ0v) is 11.1. The largest absolute Gasteiger partial charge is 0.463 e. The van der Waals surface area contributed by atoms with Crippen molar-refractivity contribution in [3.63, 3.8) is 0 Å². The van der Waals surface area contributed by atoms with Gasteiger partial charge in [0.1, 0.15) is 0 Å². The van der Waals surface area contributed by atoms with E-state index < -0.39 is 30.5 Å². The highest BCUT2D eigenvalue weighted by Gasteiger charge is 2.76. The quantitative estimate of drug-likeness (QED) is 0.322. The van der Waals surface area contributed by atoms with Crippen LogP contribution < -0.4 is 0 Å². The van der Waals surface area contributed by atoms with E-state index in [-0.39, 0.29) is 6.42 Å². The van der Waals surface area contributed by atoms with Gasteiger partial charge in [-0.25, -0.2) is 4.79 Å². The number of aliphatic hydroxyl groups is 1. The number of alkyl halides is 6. The molecule has 9 heteroatoms. The van der Waals surface area contributed by atoms with Crippen LogP contribution in [-0.2, 0) is 9.53 Å². The summed E-state index contributed by atoms with van der Waals surface area (Å²) in [6.07, 6.45) is -7.97. The Morgan fingerprint density at radius 3 is 1.90 bits per heavy atom. The maximum absolute atomic E-state index is 12.3. The first-order valence-corrected chi connectivity index (χ1v) is 6.12. The van der Waals surface area contributed by atoms with Crippen molar-refractivity contribution < 1.29 is 41.0 Å². The standard InChI is InChI=1S/C12H16F6O3/c1-2-3-4-5-6-7-8-21-9(19)10(20,11(13,14)15)12(16,17)18/h2,20H,1,3-8H2. The van der Waals surface area contributed by atoms with E-state index in [4.69, 9.17) is 5.11 Å². The van der Waals surface area contributed by atoms with Crippen molar-refractivity contribution in [2.75, 3.05) is 6.61 Å². The molecule has 21 heavy (non-hydrogen) atoms. The minimum Gasteiger partial charge on any atom is -0.463 e. The van der Waals surface area contributed by atoms with Gasteiger partial charge in [-0.3, -0.25) is 0 Å². The van der Waals surface area contributed by atoms with E-state index in [0.717, 1.165) is 12.8 Å². The van der Waals surface area contributed by atoms with Crippen LogP contribution in [0.4, 0.5) is 26.3 Å². The summed E-state index contributed by atoms with van der Waals surface area (Å²) in [5.41, 5.74) is -5.50. The SMILES string of the molecule is C=CCCCCCCOC(=O)C(O)(C(F)(F)F)C(F)(F)F. The van der Waals surface area contributed by atoms with Crippen LogP contribution in [0.5, 0.6) is 0 Å². The summed E-state index contributed by atoms with van der Waals surface area (Å²) in [6, 6.07) is 0. The summed E-state index contributed by atoms with van der Waals surface area (Å²) in [5, 5.41) is 8.69. The third kappa shape index (κ3) is 5.22. The van der Waals surface area contributed by atoms with Gasteiger partial charge >= 0.3 is 23.9 Å². The van der Waals surface area contributed by atoms with Crippen LogP contribution in [0.2, 0.25) is 0 Å². The summed E-state index contributed by atoms with van der Waals surface area (Å²) in [7, 11) is 0. The van der Waals surface area contributed by atoms with Gasteiger partial charge in [0.05, 0.1) is 6.61 Å². The molecule has 0 bridgehead atoms. The van der Waals surface area contributed by atoms with Gasteiger partial charge in [-0.2, -0.15) is 26.3 Å². The molecule has 0 spiro atoms. The predicted molar refractivity (Wildman–Crippen MR) is 61.3 cm³/mol. The molecule has 0 aromatic carbocycles. The van der Waals surface area contributed by atoms with Gasteiger partial charge in [-0.05, 0) is 19.3 Å². The molecule has 0 heterocycles. The van der Waals surface area contributed by atoms with Crippen LogP contribution in [0.15, 0.2) is 12.7 Å². The zero-order chi connectivity index (χ0) is 16.7.